The third-order valence-electron chi connectivity index (χ3n) is 5.72. The third kappa shape index (κ3) is 3.14. The number of nitrogens with one attached hydrogen (secondary N) is 2. The fraction of sp³-hybridized carbons (Fsp3) is 0.381. The Morgan fingerprint density at radius 1 is 1.25 bits per heavy atom. The van der Waals surface area contributed by atoms with Crippen LogP contribution in [0.1, 0.15) is 33.4 Å². The molecule has 1 amide bonds. The molecule has 0 radical (unpaired) electrons. The van der Waals surface area contributed by atoms with E-state index in [0.29, 0.717) is 31.3 Å². The lowest BCUT2D eigenvalue weighted by Gasteiger charge is -2.37. The quantitative estimate of drug-likeness (QED) is 0.711. The minimum Gasteiger partial charge on any atom is -0.351 e. The average Bonchev–Trinajstić information content (AvgIpc) is 3.12. The van der Waals surface area contributed by atoms with E-state index < -0.39 is 0 Å². The number of thiazole rings is 1. The highest BCUT2D eigenvalue weighted by atomic mass is 32.1. The van der Waals surface area contributed by atoms with Gasteiger partial charge < -0.3 is 15.2 Å². The smallest absolute Gasteiger partial charge is 0.263 e. The maximum absolute atomic E-state index is 12.9. The van der Waals surface area contributed by atoms with Gasteiger partial charge in [-0.25, -0.2) is 4.98 Å². The van der Waals surface area contributed by atoms with E-state index in [0.717, 1.165) is 40.4 Å². The molecule has 4 heterocycles. The Morgan fingerprint density at radius 2 is 2.14 bits per heavy atom. The van der Waals surface area contributed by atoms with E-state index in [4.69, 9.17) is 0 Å². The van der Waals surface area contributed by atoms with Crippen molar-refractivity contribution in [3.05, 3.63) is 63.0 Å². The Bertz CT molecular complexity index is 1070. The number of pyridine rings is 1. The van der Waals surface area contributed by atoms with Crippen LogP contribution in [0, 0.1) is 5.92 Å². The van der Waals surface area contributed by atoms with E-state index in [9.17, 15) is 9.59 Å². The Balaban J connectivity index is 1.29. The molecule has 2 N–H and O–H groups in total. The number of benzene rings is 1. The summed E-state index contributed by atoms with van der Waals surface area (Å²) in [4.78, 5) is 30.1. The summed E-state index contributed by atoms with van der Waals surface area (Å²) >= 11 is 1.64. The first-order valence-corrected chi connectivity index (χ1v) is 10.6. The molecule has 1 fully saturated rings. The van der Waals surface area contributed by atoms with Crippen molar-refractivity contribution in [1.82, 2.24) is 20.2 Å². The second kappa shape index (κ2) is 7.14. The summed E-state index contributed by atoms with van der Waals surface area (Å²) in [7, 11) is 0. The van der Waals surface area contributed by atoms with E-state index >= 15 is 0 Å². The molecule has 2 aliphatic heterocycles. The monoisotopic (exact) mass is 394 g/mol. The van der Waals surface area contributed by atoms with Crippen molar-refractivity contribution in [2.45, 2.75) is 25.3 Å². The summed E-state index contributed by atoms with van der Waals surface area (Å²) in [6, 6.07) is 11.7. The van der Waals surface area contributed by atoms with Gasteiger partial charge in [-0.05, 0) is 43.1 Å². The molecule has 2 bridgehead atoms. The Labute approximate surface area is 166 Å². The molecular formula is C21H22N4O2S. The molecule has 7 heteroatoms. The van der Waals surface area contributed by atoms with Crippen LogP contribution in [0.15, 0.2) is 41.2 Å². The summed E-state index contributed by atoms with van der Waals surface area (Å²) in [5.41, 5.74) is 2.12. The zero-order chi connectivity index (χ0) is 19.1. The lowest BCUT2D eigenvalue weighted by Crippen LogP contribution is -2.46. The predicted molar refractivity (Wildman–Crippen MR) is 110 cm³/mol. The van der Waals surface area contributed by atoms with Gasteiger partial charge in [-0.1, -0.05) is 12.1 Å². The Morgan fingerprint density at radius 3 is 3.04 bits per heavy atom. The number of rotatable bonds is 4. The van der Waals surface area contributed by atoms with Crippen LogP contribution < -0.4 is 16.2 Å². The van der Waals surface area contributed by atoms with Crippen molar-refractivity contribution in [2.75, 3.05) is 19.6 Å². The van der Waals surface area contributed by atoms with Gasteiger partial charge in [-0.3, -0.25) is 9.59 Å². The van der Waals surface area contributed by atoms with Crippen molar-refractivity contribution in [2.24, 2.45) is 5.92 Å². The van der Waals surface area contributed by atoms with Crippen LogP contribution in [0.4, 0.5) is 0 Å². The number of para-hydroxylation sites is 1. The molecule has 3 aromatic rings. The molecule has 6 nitrogen and oxygen atoms in total. The van der Waals surface area contributed by atoms with Crippen LogP contribution in [0.2, 0.25) is 0 Å². The molecule has 1 saturated heterocycles. The van der Waals surface area contributed by atoms with Gasteiger partial charge in [0.2, 0.25) is 0 Å². The van der Waals surface area contributed by atoms with Gasteiger partial charge in [-0.15, -0.1) is 11.3 Å². The predicted octanol–water partition coefficient (Wildman–Crippen LogP) is 2.14. The lowest BCUT2D eigenvalue weighted by atomic mass is 9.84. The number of amides is 1. The van der Waals surface area contributed by atoms with Crippen LogP contribution in [0.25, 0.3) is 10.2 Å². The van der Waals surface area contributed by atoms with Crippen LogP contribution in [-0.2, 0) is 13.0 Å². The highest BCUT2D eigenvalue weighted by molar-refractivity contribution is 7.18. The minimum absolute atomic E-state index is 0.161. The first kappa shape index (κ1) is 17.6. The van der Waals surface area contributed by atoms with Crippen LogP contribution in [0.5, 0.6) is 0 Å². The summed E-state index contributed by atoms with van der Waals surface area (Å²) in [5.74, 6) is 0.549. The number of hydrogen-bond acceptors (Lipinski definition) is 5. The number of carbonyl (C=O) groups excluding carboxylic acids is 1. The highest BCUT2D eigenvalue weighted by Gasteiger charge is 2.31. The van der Waals surface area contributed by atoms with Gasteiger partial charge >= 0.3 is 0 Å². The van der Waals surface area contributed by atoms with E-state index in [2.05, 4.69) is 15.6 Å². The van der Waals surface area contributed by atoms with Crippen molar-refractivity contribution >= 4 is 27.5 Å². The number of piperidine rings is 1. The van der Waals surface area contributed by atoms with Crippen molar-refractivity contribution < 1.29 is 4.79 Å². The van der Waals surface area contributed by atoms with Crippen LogP contribution in [-0.4, -0.2) is 35.1 Å². The topological polar surface area (TPSA) is 76.0 Å². The number of hydrogen-bond donors (Lipinski definition) is 2. The molecule has 0 saturated carbocycles. The fourth-order valence-electron chi connectivity index (χ4n) is 4.37. The molecule has 0 spiro atoms. The Kier molecular flexibility index (Phi) is 4.49. The number of carbonyl (C=O) groups is 1. The normalized spacial score (nSPS) is 20.7. The van der Waals surface area contributed by atoms with Crippen molar-refractivity contribution in [3.63, 3.8) is 0 Å². The largest absolute Gasteiger partial charge is 0.351 e. The lowest BCUT2D eigenvalue weighted by molar-refractivity contribution is 0.0951. The second-order valence-electron chi connectivity index (χ2n) is 7.63. The zero-order valence-electron chi connectivity index (χ0n) is 15.5. The van der Waals surface area contributed by atoms with Crippen LogP contribution in [0.3, 0.4) is 0 Å². The molecule has 0 aliphatic carbocycles. The zero-order valence-corrected chi connectivity index (χ0v) is 16.3. The van der Waals surface area contributed by atoms with Gasteiger partial charge in [0.15, 0.2) is 0 Å². The standard InChI is InChI=1S/C21H22N4O2S/c26-20(23-8-7-19-24-16-3-1-2-4-18(16)28-19)15-5-6-17-14-9-13(10-22-11-14)12-25(17)21(15)27/h1-6,13-14,22H,7-12H2,(H,23,26)/t13-,14+/m0/s1. The molecule has 2 aromatic heterocycles. The second-order valence-corrected chi connectivity index (χ2v) is 8.74. The third-order valence-corrected chi connectivity index (χ3v) is 6.81. The minimum atomic E-state index is -0.296. The molecule has 5 rings (SSSR count). The van der Waals surface area contributed by atoms with Crippen molar-refractivity contribution in [1.29, 1.82) is 0 Å². The molecule has 1 aromatic carbocycles. The van der Waals surface area contributed by atoms with E-state index in [-0.39, 0.29) is 17.0 Å². The first-order chi connectivity index (χ1) is 13.7. The van der Waals surface area contributed by atoms with E-state index in [1.807, 2.05) is 34.9 Å². The van der Waals surface area contributed by atoms with Gasteiger partial charge in [0.1, 0.15) is 5.56 Å². The van der Waals surface area contributed by atoms with Crippen molar-refractivity contribution in [3.8, 4) is 0 Å². The summed E-state index contributed by atoms with van der Waals surface area (Å²) in [5, 5.41) is 7.32. The van der Waals surface area contributed by atoms with E-state index in [1.54, 1.807) is 17.4 Å². The first-order valence-electron chi connectivity index (χ1n) is 9.76. The summed E-state index contributed by atoms with van der Waals surface area (Å²) < 4.78 is 2.97. The summed E-state index contributed by atoms with van der Waals surface area (Å²) in [6.07, 6.45) is 1.79. The SMILES string of the molecule is O=C(NCCc1nc2ccccc2s1)c1ccc2n(c1=O)C[C@@H]1CNC[C@H]2C1. The summed E-state index contributed by atoms with van der Waals surface area (Å²) in [6.45, 7) is 3.02. The van der Waals surface area contributed by atoms with Gasteiger partial charge in [-0.2, -0.15) is 0 Å². The van der Waals surface area contributed by atoms with Gasteiger partial charge in [0, 0.05) is 37.7 Å². The van der Waals surface area contributed by atoms with Gasteiger partial charge in [0.25, 0.3) is 11.5 Å². The van der Waals surface area contributed by atoms with Gasteiger partial charge in [0.05, 0.1) is 15.2 Å². The maximum Gasteiger partial charge on any atom is 0.263 e. The maximum atomic E-state index is 12.9. The van der Waals surface area contributed by atoms with E-state index in [1.165, 1.54) is 0 Å². The molecule has 2 aliphatic rings. The molecule has 2 atom stereocenters. The van der Waals surface area contributed by atoms with Crippen LogP contribution >= 0.6 is 11.3 Å². The fourth-order valence-corrected chi connectivity index (χ4v) is 5.34. The highest BCUT2D eigenvalue weighted by Crippen LogP contribution is 2.31. The molecular weight excluding hydrogens is 372 g/mol. The molecule has 144 valence electrons. The molecule has 28 heavy (non-hydrogen) atoms. The Hall–Kier alpha value is -2.51. The number of aromatic nitrogens is 2. The number of fused-ring (bicyclic) bond motifs is 5. The molecule has 0 unspecified atom stereocenters. The number of nitrogens with zero attached hydrogens (tertiary/aromatic N) is 2. The average molecular weight is 395 g/mol.